The van der Waals surface area contributed by atoms with Gasteiger partial charge >= 0.3 is 5.97 Å². The van der Waals surface area contributed by atoms with Gasteiger partial charge in [0.25, 0.3) is 0 Å². The number of esters is 1. The molecular weight excluding hydrogens is 448 g/mol. The molecule has 0 aromatic rings. The van der Waals surface area contributed by atoms with Gasteiger partial charge in [0.1, 0.15) is 6.10 Å². The van der Waals surface area contributed by atoms with E-state index < -0.39 is 6.10 Å². The third-order valence-electron chi connectivity index (χ3n) is 6.84. The van der Waals surface area contributed by atoms with Gasteiger partial charge < -0.3 is 14.6 Å². The van der Waals surface area contributed by atoms with Crippen LogP contribution >= 0.6 is 0 Å². The Kier molecular flexibility index (Phi) is 29.6. The lowest BCUT2D eigenvalue weighted by Crippen LogP contribution is -2.27. The minimum absolute atomic E-state index is 0.170. The number of aliphatic hydroxyl groups excluding tert-OH is 1. The average molecular weight is 511 g/mol. The molecule has 1 atom stereocenters. The second kappa shape index (κ2) is 30.4. The lowest BCUT2D eigenvalue weighted by Gasteiger charge is -2.15. The largest absolute Gasteiger partial charge is 0.457 e. The monoisotopic (exact) mass is 510 g/mol. The Bertz CT molecular complexity index is 463. The van der Waals surface area contributed by atoms with Crippen molar-refractivity contribution in [1.82, 2.24) is 0 Å². The van der Waals surface area contributed by atoms with Gasteiger partial charge in [-0.3, -0.25) is 4.79 Å². The predicted octanol–water partition coefficient (Wildman–Crippen LogP) is 9.48. The Hall–Kier alpha value is -0.870. The van der Waals surface area contributed by atoms with E-state index in [1.807, 2.05) is 0 Å². The number of carbonyl (C=O) groups is 1. The molecule has 0 saturated carbocycles. The molecule has 0 aromatic carbocycles. The van der Waals surface area contributed by atoms with Gasteiger partial charge in [-0.2, -0.15) is 0 Å². The van der Waals surface area contributed by atoms with Crippen molar-refractivity contribution in [2.24, 2.45) is 0 Å². The van der Waals surface area contributed by atoms with E-state index in [0.717, 1.165) is 19.3 Å². The highest BCUT2D eigenvalue weighted by molar-refractivity contribution is 5.69. The molecule has 0 aliphatic rings. The van der Waals surface area contributed by atoms with Crippen molar-refractivity contribution in [2.45, 2.75) is 168 Å². The van der Waals surface area contributed by atoms with E-state index in [1.165, 1.54) is 122 Å². The Balaban J connectivity index is 3.45. The Morgan fingerprint density at radius 2 is 1.08 bits per heavy atom. The van der Waals surface area contributed by atoms with E-state index in [9.17, 15) is 9.90 Å². The fourth-order valence-electron chi connectivity index (χ4n) is 4.44. The molecule has 214 valence electrons. The molecule has 0 aliphatic carbocycles. The summed E-state index contributed by atoms with van der Waals surface area (Å²) in [4.78, 5) is 12.0. The van der Waals surface area contributed by atoms with E-state index in [1.54, 1.807) is 0 Å². The highest BCUT2D eigenvalue weighted by Crippen LogP contribution is 2.12. The molecule has 0 spiro atoms. The van der Waals surface area contributed by atoms with Gasteiger partial charge in [0.2, 0.25) is 0 Å². The predicted molar refractivity (Wildman–Crippen MR) is 154 cm³/mol. The van der Waals surface area contributed by atoms with Crippen LogP contribution in [-0.2, 0) is 14.3 Å². The van der Waals surface area contributed by atoms with Gasteiger partial charge in [0.05, 0.1) is 13.2 Å². The van der Waals surface area contributed by atoms with Crippen molar-refractivity contribution in [1.29, 1.82) is 0 Å². The maximum Gasteiger partial charge on any atom is 0.306 e. The summed E-state index contributed by atoms with van der Waals surface area (Å²) in [6, 6.07) is 0. The molecule has 0 bridgehead atoms. The minimum Gasteiger partial charge on any atom is -0.457 e. The van der Waals surface area contributed by atoms with Crippen LogP contribution in [0.1, 0.15) is 162 Å². The fourth-order valence-corrected chi connectivity index (χ4v) is 4.44. The van der Waals surface area contributed by atoms with Gasteiger partial charge in [0, 0.05) is 13.0 Å². The quantitative estimate of drug-likeness (QED) is 0.0618. The maximum absolute atomic E-state index is 12.0. The standard InChI is InChI=1S/C32H62O4/c1-3-5-7-9-11-13-15-17-19-21-23-25-27-32(34)36-31(29-33)30-35-28-26-24-22-20-18-16-14-12-10-8-6-4-2/h11,13,31,33H,3-10,12,14-30H2,1-2H3/b13-11-. The summed E-state index contributed by atoms with van der Waals surface area (Å²) in [6.07, 6.45) is 32.3. The van der Waals surface area contributed by atoms with E-state index >= 15 is 0 Å². The molecule has 0 amide bonds. The van der Waals surface area contributed by atoms with E-state index in [-0.39, 0.29) is 12.6 Å². The third-order valence-corrected chi connectivity index (χ3v) is 6.84. The Morgan fingerprint density at radius 1 is 0.639 bits per heavy atom. The number of unbranched alkanes of at least 4 members (excludes halogenated alkanes) is 19. The highest BCUT2D eigenvalue weighted by atomic mass is 16.6. The maximum atomic E-state index is 12.0. The summed E-state index contributed by atoms with van der Waals surface area (Å²) in [7, 11) is 0. The van der Waals surface area contributed by atoms with Gasteiger partial charge in [-0.05, 0) is 38.5 Å². The number of rotatable bonds is 29. The molecule has 1 N–H and O–H groups in total. The zero-order chi connectivity index (χ0) is 26.4. The van der Waals surface area contributed by atoms with Crippen LogP contribution in [0.3, 0.4) is 0 Å². The van der Waals surface area contributed by atoms with Crippen molar-refractivity contribution in [3.8, 4) is 0 Å². The molecule has 0 aromatic heterocycles. The summed E-state index contributed by atoms with van der Waals surface area (Å²) in [5.41, 5.74) is 0. The van der Waals surface area contributed by atoms with E-state index in [2.05, 4.69) is 26.0 Å². The number of hydrogen-bond acceptors (Lipinski definition) is 4. The first-order valence-corrected chi connectivity index (χ1v) is 15.8. The minimum atomic E-state index is -0.529. The van der Waals surface area contributed by atoms with Crippen LogP contribution < -0.4 is 0 Å². The number of allylic oxidation sites excluding steroid dienone is 2. The smallest absolute Gasteiger partial charge is 0.306 e. The molecule has 1 unspecified atom stereocenters. The molecule has 0 aliphatic heterocycles. The SMILES string of the molecule is CCCCC/C=C\CCCCCCCC(=O)OC(CO)COCCCCCCCCCCCCCC. The zero-order valence-corrected chi connectivity index (χ0v) is 24.3. The van der Waals surface area contributed by atoms with Gasteiger partial charge in [0.15, 0.2) is 0 Å². The van der Waals surface area contributed by atoms with Crippen molar-refractivity contribution in [2.75, 3.05) is 19.8 Å². The topological polar surface area (TPSA) is 55.8 Å². The van der Waals surface area contributed by atoms with Crippen LogP contribution in [0.5, 0.6) is 0 Å². The molecule has 0 saturated heterocycles. The first-order valence-electron chi connectivity index (χ1n) is 15.8. The number of aliphatic hydroxyl groups is 1. The van der Waals surface area contributed by atoms with Crippen molar-refractivity contribution >= 4 is 5.97 Å². The van der Waals surface area contributed by atoms with Crippen molar-refractivity contribution < 1.29 is 19.4 Å². The first kappa shape index (κ1) is 35.1. The second-order valence-electron chi connectivity index (χ2n) is 10.5. The Morgan fingerprint density at radius 3 is 1.64 bits per heavy atom. The van der Waals surface area contributed by atoms with Crippen LogP contribution in [0, 0.1) is 0 Å². The fraction of sp³-hybridized carbons (Fsp3) is 0.906. The van der Waals surface area contributed by atoms with Gasteiger partial charge in [-0.15, -0.1) is 0 Å². The summed E-state index contributed by atoms with van der Waals surface area (Å²) >= 11 is 0. The van der Waals surface area contributed by atoms with Crippen LogP contribution in [-0.4, -0.2) is 37.0 Å². The van der Waals surface area contributed by atoms with Gasteiger partial charge in [-0.1, -0.05) is 129 Å². The Labute approximate surface area is 225 Å². The van der Waals surface area contributed by atoms with Crippen LogP contribution in [0.15, 0.2) is 12.2 Å². The number of carbonyl (C=O) groups excluding carboxylic acids is 1. The molecule has 4 heteroatoms. The molecule has 0 radical (unpaired) electrons. The summed E-state index contributed by atoms with van der Waals surface area (Å²) < 4.78 is 11.0. The zero-order valence-electron chi connectivity index (χ0n) is 24.3. The van der Waals surface area contributed by atoms with Crippen LogP contribution in [0.4, 0.5) is 0 Å². The van der Waals surface area contributed by atoms with Crippen LogP contribution in [0.25, 0.3) is 0 Å². The van der Waals surface area contributed by atoms with E-state index in [4.69, 9.17) is 9.47 Å². The highest BCUT2D eigenvalue weighted by Gasteiger charge is 2.13. The normalized spacial score (nSPS) is 12.4. The molecule has 0 rings (SSSR count). The van der Waals surface area contributed by atoms with E-state index in [0.29, 0.717) is 19.6 Å². The van der Waals surface area contributed by atoms with Gasteiger partial charge in [-0.25, -0.2) is 0 Å². The molecular formula is C32H62O4. The van der Waals surface area contributed by atoms with Crippen LogP contribution in [0.2, 0.25) is 0 Å². The second-order valence-corrected chi connectivity index (χ2v) is 10.5. The first-order chi connectivity index (χ1) is 17.7. The summed E-state index contributed by atoms with van der Waals surface area (Å²) in [5, 5.41) is 9.49. The third kappa shape index (κ3) is 27.7. The average Bonchev–Trinajstić information content (AvgIpc) is 2.88. The van der Waals surface area contributed by atoms with Crippen molar-refractivity contribution in [3.63, 3.8) is 0 Å². The number of hydrogen-bond donors (Lipinski definition) is 1. The molecule has 0 heterocycles. The summed E-state index contributed by atoms with van der Waals surface area (Å²) in [5.74, 6) is -0.210. The summed E-state index contributed by atoms with van der Waals surface area (Å²) in [6.45, 7) is 5.32. The molecule has 0 fully saturated rings. The lowest BCUT2D eigenvalue weighted by molar-refractivity contribution is -0.154. The lowest BCUT2D eigenvalue weighted by atomic mass is 10.1. The number of ether oxygens (including phenoxy) is 2. The molecule has 36 heavy (non-hydrogen) atoms. The molecule has 4 nitrogen and oxygen atoms in total. The van der Waals surface area contributed by atoms with Crippen molar-refractivity contribution in [3.05, 3.63) is 12.2 Å².